The van der Waals surface area contributed by atoms with Crippen molar-refractivity contribution in [2.45, 2.75) is 57.3 Å². The van der Waals surface area contributed by atoms with E-state index in [1.54, 1.807) is 0 Å². The van der Waals surface area contributed by atoms with Crippen molar-refractivity contribution in [3.63, 3.8) is 0 Å². The minimum Gasteiger partial charge on any atom is -0.491 e. The molecule has 2 fully saturated rings. The first-order valence-corrected chi connectivity index (χ1v) is 12.0. The fourth-order valence-corrected chi connectivity index (χ4v) is 4.14. The highest BCUT2D eigenvalue weighted by molar-refractivity contribution is 5.78. The van der Waals surface area contributed by atoms with Gasteiger partial charge in [0.25, 0.3) is 0 Å². The van der Waals surface area contributed by atoms with Crippen molar-refractivity contribution in [1.29, 1.82) is 0 Å². The van der Waals surface area contributed by atoms with E-state index < -0.39 is 17.8 Å². The van der Waals surface area contributed by atoms with Gasteiger partial charge >= 0.3 is 6.18 Å². The Balaban J connectivity index is 0.00000100. The summed E-state index contributed by atoms with van der Waals surface area (Å²) in [5.41, 5.74) is 3.74. The van der Waals surface area contributed by atoms with Gasteiger partial charge in [-0.25, -0.2) is 0 Å². The molecule has 11 heteroatoms. The van der Waals surface area contributed by atoms with Crippen LogP contribution in [0.15, 0.2) is 24.3 Å². The number of piperazine rings is 1. The quantitative estimate of drug-likeness (QED) is 0.502. The summed E-state index contributed by atoms with van der Waals surface area (Å²) in [6.07, 6.45) is 0.663. The number of aliphatic hydroxyl groups is 1. The number of primary amides is 1. The number of carbonyl (C=O) groups is 2. The Labute approximate surface area is 204 Å². The van der Waals surface area contributed by atoms with Crippen molar-refractivity contribution in [1.82, 2.24) is 15.1 Å². The summed E-state index contributed by atoms with van der Waals surface area (Å²) >= 11 is 0. The maximum absolute atomic E-state index is 12.6. The summed E-state index contributed by atoms with van der Waals surface area (Å²) in [7, 11) is 0. The molecule has 4 N–H and O–H groups in total. The van der Waals surface area contributed by atoms with E-state index in [2.05, 4.69) is 20.9 Å². The normalized spacial score (nSPS) is 18.8. The molecule has 1 atom stereocenters. The van der Waals surface area contributed by atoms with Crippen LogP contribution in [0.5, 0.6) is 5.75 Å². The van der Waals surface area contributed by atoms with Gasteiger partial charge in [-0.3, -0.25) is 19.4 Å². The van der Waals surface area contributed by atoms with Crippen LogP contribution in [0.25, 0.3) is 0 Å². The van der Waals surface area contributed by atoms with Crippen LogP contribution in [0.1, 0.15) is 44.6 Å². The van der Waals surface area contributed by atoms with Crippen LogP contribution in [0, 0.1) is 0 Å². The number of alkyl halides is 3. The maximum Gasteiger partial charge on any atom is 0.416 e. The molecule has 3 rings (SSSR count). The molecule has 1 saturated heterocycles. The molecule has 198 valence electrons. The van der Waals surface area contributed by atoms with Crippen LogP contribution in [-0.2, 0) is 15.8 Å². The van der Waals surface area contributed by atoms with Gasteiger partial charge in [0, 0.05) is 45.7 Å². The molecule has 1 aromatic carbocycles. The fraction of sp³-hybridized carbons (Fsp3) is 0.667. The van der Waals surface area contributed by atoms with E-state index in [9.17, 15) is 27.9 Å². The maximum atomic E-state index is 12.6. The van der Waals surface area contributed by atoms with E-state index >= 15 is 0 Å². The molecule has 1 aliphatic carbocycles. The van der Waals surface area contributed by atoms with Crippen LogP contribution in [-0.4, -0.2) is 84.7 Å². The zero-order valence-electron chi connectivity index (χ0n) is 20.2. The van der Waals surface area contributed by atoms with E-state index in [0.717, 1.165) is 51.2 Å². The third-order valence-corrected chi connectivity index (χ3v) is 5.90. The topological polar surface area (TPSA) is 108 Å². The Morgan fingerprint density at radius 1 is 1.09 bits per heavy atom. The number of benzene rings is 1. The van der Waals surface area contributed by atoms with Crippen LogP contribution in [0.3, 0.4) is 0 Å². The monoisotopic (exact) mass is 502 g/mol. The van der Waals surface area contributed by atoms with Crippen molar-refractivity contribution in [3.05, 3.63) is 29.8 Å². The number of nitrogens with zero attached hydrogens (tertiary/aromatic N) is 2. The minimum absolute atomic E-state index is 0.00930. The third kappa shape index (κ3) is 11.7. The number of hydrogen-bond donors (Lipinski definition) is 3. The average Bonchev–Trinajstić information content (AvgIpc) is 2.79. The highest BCUT2D eigenvalue weighted by Crippen LogP contribution is 2.30. The molecule has 0 bridgehead atoms. The van der Waals surface area contributed by atoms with Crippen molar-refractivity contribution in [2.24, 2.45) is 5.73 Å². The van der Waals surface area contributed by atoms with Crippen LogP contribution in [0.4, 0.5) is 13.2 Å². The van der Waals surface area contributed by atoms with E-state index in [0.29, 0.717) is 24.9 Å². The van der Waals surface area contributed by atoms with Gasteiger partial charge in [0.05, 0.1) is 12.1 Å². The van der Waals surface area contributed by atoms with Gasteiger partial charge in [-0.2, -0.15) is 13.2 Å². The molecule has 1 aromatic rings. The summed E-state index contributed by atoms with van der Waals surface area (Å²) in [5.74, 6) is 0.0474. The van der Waals surface area contributed by atoms with Crippen LogP contribution < -0.4 is 15.8 Å². The average molecular weight is 503 g/mol. The second-order valence-electron chi connectivity index (χ2n) is 9.08. The van der Waals surface area contributed by atoms with Gasteiger partial charge in [-0.05, 0) is 37.1 Å². The second kappa shape index (κ2) is 14.3. The Morgan fingerprint density at radius 2 is 1.63 bits per heavy atom. The van der Waals surface area contributed by atoms with Crippen molar-refractivity contribution in [3.8, 4) is 5.75 Å². The number of ether oxygens (including phenoxy) is 1. The van der Waals surface area contributed by atoms with Crippen molar-refractivity contribution in [2.75, 3.05) is 45.9 Å². The molecule has 0 aromatic heterocycles. The molecule has 8 nitrogen and oxygen atoms in total. The number of β-amino-alcohol motifs (C(OH)–C–C–N with tert-alkyl or cyclic N) is 1. The lowest BCUT2D eigenvalue weighted by molar-refractivity contribution is -0.137. The zero-order valence-corrected chi connectivity index (χ0v) is 20.2. The Morgan fingerprint density at radius 3 is 2.17 bits per heavy atom. The molecule has 2 aliphatic rings. The lowest BCUT2D eigenvalue weighted by atomic mass is 9.95. The highest BCUT2D eigenvalue weighted by Gasteiger charge is 2.30. The van der Waals surface area contributed by atoms with Crippen molar-refractivity contribution < 1.29 is 32.6 Å². The lowest BCUT2D eigenvalue weighted by Crippen LogP contribution is -2.52. The highest BCUT2D eigenvalue weighted by atomic mass is 19.4. The van der Waals surface area contributed by atoms with Crippen LogP contribution >= 0.6 is 0 Å². The molecular weight excluding hydrogens is 465 g/mol. The Hall–Kier alpha value is -2.37. The summed E-state index contributed by atoms with van der Waals surface area (Å²) in [4.78, 5) is 25.7. The molecule has 1 heterocycles. The summed E-state index contributed by atoms with van der Waals surface area (Å²) in [5, 5.41) is 13.4. The molecule has 1 unspecified atom stereocenters. The second-order valence-corrected chi connectivity index (χ2v) is 9.08. The smallest absolute Gasteiger partial charge is 0.416 e. The van der Waals surface area contributed by atoms with Gasteiger partial charge in [0.1, 0.15) is 18.5 Å². The number of halogens is 3. The Kier molecular flexibility index (Phi) is 11.8. The summed E-state index contributed by atoms with van der Waals surface area (Å²) in [6, 6.07) is 4.76. The van der Waals surface area contributed by atoms with Gasteiger partial charge in [0.2, 0.25) is 11.8 Å². The largest absolute Gasteiger partial charge is 0.491 e. The summed E-state index contributed by atoms with van der Waals surface area (Å²) in [6.45, 7) is 5.14. The number of hydrogen-bond acceptors (Lipinski definition) is 6. The lowest BCUT2D eigenvalue weighted by Gasteiger charge is -2.35. The first kappa shape index (κ1) is 28.9. The van der Waals surface area contributed by atoms with E-state index in [1.807, 2.05) is 0 Å². The molecule has 0 spiro atoms. The molecule has 0 radical (unpaired) electrons. The standard InChI is InChI=1S/C22H32F3N3O3.C2H5NO/c23-22(24,25)17-6-8-20(9-7-17)31-16-19(29)14-27-10-12-28(13-11-27)15-21(30)26-18-4-2-1-3-5-18;1-2(3)4/h6-9,18-19,29H,1-5,10-16H2,(H,26,30);1H3,(H2,3,4). The van der Waals surface area contributed by atoms with Gasteiger partial charge < -0.3 is 20.9 Å². The van der Waals surface area contributed by atoms with E-state index in [-0.39, 0.29) is 18.4 Å². The number of amides is 2. The first-order valence-electron chi connectivity index (χ1n) is 12.0. The number of nitrogens with two attached hydrogens (primary N) is 1. The Bertz CT molecular complexity index is 774. The molecular formula is C24H37F3N4O4. The number of nitrogens with one attached hydrogen (secondary N) is 1. The predicted octanol–water partition coefficient (Wildman–Crippen LogP) is 2.00. The van der Waals surface area contributed by atoms with E-state index in [4.69, 9.17) is 4.74 Å². The SMILES string of the molecule is CC(N)=O.O=C(CN1CCN(CC(O)COc2ccc(C(F)(F)F)cc2)CC1)NC1CCCCC1. The number of carbonyl (C=O) groups excluding carboxylic acids is 2. The van der Waals surface area contributed by atoms with E-state index in [1.165, 1.54) is 38.3 Å². The van der Waals surface area contributed by atoms with Crippen LogP contribution in [0.2, 0.25) is 0 Å². The minimum atomic E-state index is -4.38. The summed E-state index contributed by atoms with van der Waals surface area (Å²) < 4.78 is 43.2. The fourth-order valence-electron chi connectivity index (χ4n) is 4.14. The van der Waals surface area contributed by atoms with Gasteiger partial charge in [0.15, 0.2) is 0 Å². The predicted molar refractivity (Wildman–Crippen MR) is 126 cm³/mol. The van der Waals surface area contributed by atoms with Crippen molar-refractivity contribution >= 4 is 11.8 Å². The van der Waals surface area contributed by atoms with Gasteiger partial charge in [-0.15, -0.1) is 0 Å². The molecule has 1 saturated carbocycles. The first-order chi connectivity index (χ1) is 16.5. The van der Waals surface area contributed by atoms with Gasteiger partial charge in [-0.1, -0.05) is 19.3 Å². The molecule has 2 amide bonds. The molecule has 1 aliphatic heterocycles. The number of aliphatic hydroxyl groups excluding tert-OH is 1. The third-order valence-electron chi connectivity index (χ3n) is 5.90. The number of rotatable bonds is 8. The zero-order chi connectivity index (χ0) is 25.8. The molecule has 35 heavy (non-hydrogen) atoms.